The van der Waals surface area contributed by atoms with Crippen LogP contribution in [0.2, 0.25) is 0 Å². The maximum Gasteiger partial charge on any atom is -1.00 e. The van der Waals surface area contributed by atoms with Crippen molar-refractivity contribution in [3.63, 3.8) is 0 Å². The molecule has 5 heteroatoms. The summed E-state index contributed by atoms with van der Waals surface area (Å²) in [7, 11) is 0. The zero-order valence-electron chi connectivity index (χ0n) is 9.22. The first-order valence-electron chi connectivity index (χ1n) is 5.71. The standard InChI is InChI=1S/2C5H10N.2FH.Ti/c2*1-2-4-6-5-3-1;;;/h2*1-5H2;2*1H;/q2*-1;;;+4/p-2. The number of hydrogen-bond acceptors (Lipinski definition) is 2. The fourth-order valence-electron chi connectivity index (χ4n) is 2.19. The minimum Gasteiger partial charge on any atom is -1.00 e. The summed E-state index contributed by atoms with van der Waals surface area (Å²) in [5.74, 6) is 0. The van der Waals surface area contributed by atoms with Crippen molar-refractivity contribution in [2.75, 3.05) is 26.2 Å². The summed E-state index contributed by atoms with van der Waals surface area (Å²) in [4.78, 5) is 0. The van der Waals surface area contributed by atoms with Crippen molar-refractivity contribution in [3.8, 4) is 0 Å². The van der Waals surface area contributed by atoms with Gasteiger partial charge in [0, 0.05) is 0 Å². The van der Waals surface area contributed by atoms with E-state index in [1.807, 2.05) is 0 Å². The van der Waals surface area contributed by atoms with E-state index in [4.69, 9.17) is 0 Å². The monoisotopic (exact) mass is 254 g/mol. The van der Waals surface area contributed by atoms with Crippen molar-refractivity contribution >= 4 is 0 Å². The van der Waals surface area contributed by atoms with Crippen molar-refractivity contribution < 1.29 is 29.1 Å². The molecule has 0 aromatic carbocycles. The first-order valence-corrected chi connectivity index (χ1v) is 7.11. The minimum absolute atomic E-state index is 0. The van der Waals surface area contributed by atoms with E-state index in [-0.39, 0.29) is 29.1 Å². The van der Waals surface area contributed by atoms with E-state index in [1.165, 1.54) is 64.7 Å². The van der Waals surface area contributed by atoms with Gasteiger partial charge in [0.1, 0.15) is 0 Å². The van der Waals surface area contributed by atoms with Gasteiger partial charge < -0.3 is 9.41 Å². The molecule has 0 saturated carbocycles. The Morgan fingerprint density at radius 2 is 0.867 bits per heavy atom. The first-order chi connectivity index (χ1) is 6.45. The molecule has 88 valence electrons. The Morgan fingerprint density at radius 1 is 0.533 bits per heavy atom. The Balaban J connectivity index is 0.000000980. The van der Waals surface area contributed by atoms with Crippen LogP contribution < -0.4 is 9.41 Å². The number of nitrogens with zero attached hydrogens (tertiary/aromatic N) is 2. The molecule has 2 aliphatic rings. The second-order valence-corrected chi connectivity index (χ2v) is 6.48. The molecule has 2 nitrogen and oxygen atoms in total. The van der Waals surface area contributed by atoms with Crippen molar-refractivity contribution in [1.29, 1.82) is 0 Å². The largest absolute Gasteiger partial charge is 1.00 e. The van der Waals surface area contributed by atoms with Crippen LogP contribution in [0.25, 0.3) is 0 Å². The van der Waals surface area contributed by atoms with Crippen molar-refractivity contribution in [3.05, 3.63) is 0 Å². The summed E-state index contributed by atoms with van der Waals surface area (Å²) in [6.07, 6.45) is 8.77. The van der Waals surface area contributed by atoms with E-state index in [0.29, 0.717) is 0 Å². The Bertz CT molecular complexity index is 132. The second-order valence-electron chi connectivity index (χ2n) is 4.20. The Hall–Kier alpha value is 0.494. The fraction of sp³-hybridized carbons (Fsp3) is 1.00. The molecule has 0 amide bonds. The Labute approximate surface area is 101 Å². The van der Waals surface area contributed by atoms with Gasteiger partial charge in [0.2, 0.25) is 0 Å². The molecule has 0 bridgehead atoms. The molecule has 2 heterocycles. The number of halogens is 2. The average Bonchev–Trinajstić information content (AvgIpc) is 2.21. The van der Waals surface area contributed by atoms with E-state index < -0.39 is 0 Å². The zero-order valence-corrected chi connectivity index (χ0v) is 10.8. The van der Waals surface area contributed by atoms with Crippen LogP contribution in [0.1, 0.15) is 38.5 Å². The summed E-state index contributed by atoms with van der Waals surface area (Å²) < 4.78 is 5.52. The topological polar surface area (TPSA) is 6.48 Å². The fourth-order valence-corrected chi connectivity index (χ4v) is 4.42. The summed E-state index contributed by atoms with van der Waals surface area (Å²) in [6.45, 7) is 5.60. The van der Waals surface area contributed by atoms with Crippen LogP contribution in [0, 0.1) is 0 Å². The molecular weight excluding hydrogens is 234 g/mol. The van der Waals surface area contributed by atoms with Gasteiger partial charge in [-0.2, -0.15) is 0 Å². The number of hydrogen-bond donors (Lipinski definition) is 0. The molecule has 0 radical (unpaired) electrons. The van der Waals surface area contributed by atoms with Gasteiger partial charge in [-0.15, -0.1) is 0 Å². The van der Waals surface area contributed by atoms with Crippen LogP contribution >= 0.6 is 0 Å². The predicted octanol–water partition coefficient (Wildman–Crippen LogP) is -4.12. The van der Waals surface area contributed by atoms with Gasteiger partial charge >= 0.3 is 91.1 Å². The molecule has 0 unspecified atom stereocenters. The van der Waals surface area contributed by atoms with Crippen molar-refractivity contribution in [2.24, 2.45) is 0 Å². The summed E-state index contributed by atoms with van der Waals surface area (Å²) in [6, 6.07) is 0. The molecule has 2 aliphatic heterocycles. The van der Waals surface area contributed by atoms with Gasteiger partial charge in [0.15, 0.2) is 0 Å². The van der Waals surface area contributed by atoms with Crippen molar-refractivity contribution in [2.45, 2.75) is 38.5 Å². The molecule has 0 aromatic heterocycles. The third-order valence-electron chi connectivity index (χ3n) is 2.99. The smallest absolute Gasteiger partial charge is 1.00 e. The average molecular weight is 254 g/mol. The predicted molar refractivity (Wildman–Crippen MR) is 50.8 cm³/mol. The number of rotatable bonds is 2. The third-order valence-corrected chi connectivity index (χ3v) is 5.28. The Morgan fingerprint density at radius 3 is 1.20 bits per heavy atom. The van der Waals surface area contributed by atoms with Gasteiger partial charge in [-0.3, -0.25) is 0 Å². The minimum atomic E-state index is 0. The van der Waals surface area contributed by atoms with Gasteiger partial charge in [-0.05, 0) is 0 Å². The summed E-state index contributed by atoms with van der Waals surface area (Å²) >= 11 is 0.113. The summed E-state index contributed by atoms with van der Waals surface area (Å²) in [5.41, 5.74) is 0. The molecule has 2 fully saturated rings. The molecule has 0 spiro atoms. The van der Waals surface area contributed by atoms with E-state index in [0.717, 1.165) is 0 Å². The van der Waals surface area contributed by atoms with Gasteiger partial charge in [-0.1, -0.05) is 0 Å². The molecule has 0 atom stereocenters. The normalized spacial score (nSPS) is 23.5. The van der Waals surface area contributed by atoms with E-state index >= 15 is 0 Å². The van der Waals surface area contributed by atoms with Crippen LogP contribution in [0.5, 0.6) is 0 Å². The van der Waals surface area contributed by atoms with Crippen LogP contribution in [0.3, 0.4) is 0 Å². The Kier molecular flexibility index (Phi) is 8.91. The zero-order chi connectivity index (χ0) is 8.93. The van der Waals surface area contributed by atoms with Crippen LogP contribution in [-0.4, -0.2) is 32.9 Å². The van der Waals surface area contributed by atoms with Crippen molar-refractivity contribution in [1.82, 2.24) is 6.76 Å². The maximum atomic E-state index is 2.76. The van der Waals surface area contributed by atoms with E-state index in [2.05, 4.69) is 6.76 Å². The molecule has 0 N–H and O–H groups in total. The van der Waals surface area contributed by atoms with Gasteiger partial charge in [-0.25, -0.2) is 0 Å². The molecule has 0 aromatic rings. The van der Waals surface area contributed by atoms with E-state index in [9.17, 15) is 0 Å². The van der Waals surface area contributed by atoms with Gasteiger partial charge in [0.25, 0.3) is 0 Å². The summed E-state index contributed by atoms with van der Waals surface area (Å²) in [5, 5.41) is 0. The third kappa shape index (κ3) is 5.39. The number of piperidine rings is 2. The second kappa shape index (κ2) is 8.62. The van der Waals surface area contributed by atoms with Crippen LogP contribution in [0.15, 0.2) is 0 Å². The van der Waals surface area contributed by atoms with Crippen LogP contribution in [-0.2, 0) is 19.7 Å². The van der Waals surface area contributed by atoms with Gasteiger partial charge in [0.05, 0.1) is 0 Å². The molecule has 2 saturated heterocycles. The quantitative estimate of drug-likeness (QED) is 0.462. The molecular formula is C10H20F2N2Ti. The first kappa shape index (κ1) is 15.5. The van der Waals surface area contributed by atoms with E-state index in [1.54, 1.807) is 0 Å². The molecule has 2 rings (SSSR count). The SMILES string of the molecule is C1CC[N]([Ti+2][N]2CCCCC2)CC1.[F-].[F-]. The maximum absolute atomic E-state index is 2.76. The van der Waals surface area contributed by atoms with Crippen LogP contribution in [0.4, 0.5) is 0 Å². The molecule has 15 heavy (non-hydrogen) atoms. The molecule has 0 aliphatic carbocycles.